The van der Waals surface area contributed by atoms with Gasteiger partial charge in [-0.05, 0) is 31.0 Å². The van der Waals surface area contributed by atoms with E-state index in [1.54, 1.807) is 7.05 Å². The number of amides is 1. The van der Waals surface area contributed by atoms with Crippen molar-refractivity contribution in [1.29, 1.82) is 0 Å². The quantitative estimate of drug-likeness (QED) is 0.730. The third kappa shape index (κ3) is 5.34. The first kappa shape index (κ1) is 16.9. The fourth-order valence-electron chi connectivity index (χ4n) is 2.46. The van der Waals surface area contributed by atoms with Gasteiger partial charge in [-0.2, -0.15) is 0 Å². The highest BCUT2D eigenvalue weighted by atomic mass is 16.2. The molecular weight excluding hydrogens is 288 g/mol. The highest BCUT2D eigenvalue weighted by Crippen LogP contribution is 2.05. The van der Waals surface area contributed by atoms with Crippen LogP contribution in [0, 0.1) is 0 Å². The summed E-state index contributed by atoms with van der Waals surface area (Å²) in [5, 5.41) is 5.83. The summed E-state index contributed by atoms with van der Waals surface area (Å²) in [6.07, 6.45) is 1.87. The molecule has 2 aromatic carbocycles. The number of aldehydes is 1. The van der Waals surface area contributed by atoms with Gasteiger partial charge in [0.05, 0.1) is 12.1 Å². The predicted octanol–water partition coefficient (Wildman–Crippen LogP) is 1.74. The van der Waals surface area contributed by atoms with Crippen molar-refractivity contribution in [2.75, 3.05) is 7.05 Å². The summed E-state index contributed by atoms with van der Waals surface area (Å²) < 4.78 is 0. The van der Waals surface area contributed by atoms with Crippen LogP contribution in [0.3, 0.4) is 0 Å². The van der Waals surface area contributed by atoms with Crippen LogP contribution in [0.25, 0.3) is 0 Å². The molecule has 0 fully saturated rings. The number of nitrogens with one attached hydrogen (secondary N) is 2. The van der Waals surface area contributed by atoms with Crippen molar-refractivity contribution >= 4 is 12.2 Å². The van der Waals surface area contributed by atoms with E-state index in [0.29, 0.717) is 12.8 Å². The first-order valence-corrected chi connectivity index (χ1v) is 7.73. The molecule has 2 rings (SSSR count). The second-order valence-electron chi connectivity index (χ2n) is 5.47. The fraction of sp³-hybridized carbons (Fsp3) is 0.263. The lowest BCUT2D eigenvalue weighted by molar-refractivity contribution is -0.125. The normalized spacial score (nSPS) is 13.1. The Morgan fingerprint density at radius 1 is 0.957 bits per heavy atom. The van der Waals surface area contributed by atoms with E-state index in [0.717, 1.165) is 17.4 Å². The van der Waals surface area contributed by atoms with Crippen molar-refractivity contribution in [3.05, 3.63) is 71.8 Å². The summed E-state index contributed by atoms with van der Waals surface area (Å²) in [4.78, 5) is 23.7. The molecule has 0 aromatic heterocycles. The van der Waals surface area contributed by atoms with Crippen molar-refractivity contribution in [3.8, 4) is 0 Å². The molecule has 2 aromatic rings. The molecular formula is C19H22N2O2. The molecule has 120 valence electrons. The molecule has 0 saturated heterocycles. The van der Waals surface area contributed by atoms with Gasteiger partial charge < -0.3 is 15.4 Å². The molecule has 0 heterocycles. The Bertz CT molecular complexity index is 614. The fourth-order valence-corrected chi connectivity index (χ4v) is 2.46. The van der Waals surface area contributed by atoms with E-state index in [9.17, 15) is 9.59 Å². The molecule has 2 N–H and O–H groups in total. The second-order valence-corrected chi connectivity index (χ2v) is 5.47. The van der Waals surface area contributed by atoms with Crippen LogP contribution in [-0.2, 0) is 22.4 Å². The molecule has 2 unspecified atom stereocenters. The van der Waals surface area contributed by atoms with Gasteiger partial charge in [-0.3, -0.25) is 4.79 Å². The van der Waals surface area contributed by atoms with Crippen LogP contribution in [0.5, 0.6) is 0 Å². The van der Waals surface area contributed by atoms with Gasteiger partial charge in [0.25, 0.3) is 0 Å². The Morgan fingerprint density at radius 3 is 1.96 bits per heavy atom. The van der Waals surface area contributed by atoms with Gasteiger partial charge in [-0.1, -0.05) is 60.7 Å². The monoisotopic (exact) mass is 310 g/mol. The van der Waals surface area contributed by atoms with Crippen molar-refractivity contribution < 1.29 is 9.59 Å². The summed E-state index contributed by atoms with van der Waals surface area (Å²) in [6, 6.07) is 18.6. The van der Waals surface area contributed by atoms with Crippen molar-refractivity contribution in [2.24, 2.45) is 0 Å². The van der Waals surface area contributed by atoms with Gasteiger partial charge in [-0.25, -0.2) is 0 Å². The molecule has 0 radical (unpaired) electrons. The number of carbonyl (C=O) groups is 2. The molecule has 4 heteroatoms. The summed E-state index contributed by atoms with van der Waals surface area (Å²) in [7, 11) is 1.75. The number of rotatable bonds is 8. The first-order chi connectivity index (χ1) is 11.2. The largest absolute Gasteiger partial charge is 0.345 e. The van der Waals surface area contributed by atoms with E-state index in [1.807, 2.05) is 60.7 Å². The van der Waals surface area contributed by atoms with Gasteiger partial charge in [0, 0.05) is 0 Å². The summed E-state index contributed by atoms with van der Waals surface area (Å²) >= 11 is 0. The number of benzene rings is 2. The maximum atomic E-state index is 12.4. The highest BCUT2D eigenvalue weighted by molar-refractivity contribution is 5.84. The van der Waals surface area contributed by atoms with E-state index in [4.69, 9.17) is 0 Å². The summed E-state index contributed by atoms with van der Waals surface area (Å²) in [5.74, 6) is -0.163. The van der Waals surface area contributed by atoms with Gasteiger partial charge in [0.2, 0.25) is 5.91 Å². The molecule has 0 bridgehead atoms. The van der Waals surface area contributed by atoms with Crippen LogP contribution in [0.2, 0.25) is 0 Å². The molecule has 1 amide bonds. The standard InChI is InChI=1S/C19H22N2O2/c1-20-18(13-16-10-6-3-7-11-16)19(23)21-17(14-22)12-15-8-4-2-5-9-15/h2-11,14,17-18,20H,12-13H2,1H3,(H,21,23). The van der Waals surface area contributed by atoms with E-state index in [-0.39, 0.29) is 11.9 Å². The SMILES string of the molecule is CNC(Cc1ccccc1)C(=O)NC(C=O)Cc1ccccc1. The predicted molar refractivity (Wildman–Crippen MR) is 91.1 cm³/mol. The Morgan fingerprint density at radius 2 is 1.48 bits per heavy atom. The van der Waals surface area contributed by atoms with Crippen LogP contribution in [0.15, 0.2) is 60.7 Å². The van der Waals surface area contributed by atoms with Crippen LogP contribution in [-0.4, -0.2) is 31.3 Å². The highest BCUT2D eigenvalue weighted by Gasteiger charge is 2.20. The smallest absolute Gasteiger partial charge is 0.238 e. The van der Waals surface area contributed by atoms with Crippen LogP contribution < -0.4 is 10.6 Å². The minimum Gasteiger partial charge on any atom is -0.345 e. The maximum Gasteiger partial charge on any atom is 0.238 e. The van der Waals surface area contributed by atoms with E-state index < -0.39 is 6.04 Å². The minimum atomic E-state index is -0.517. The van der Waals surface area contributed by atoms with Crippen LogP contribution in [0.1, 0.15) is 11.1 Å². The zero-order valence-electron chi connectivity index (χ0n) is 13.2. The van der Waals surface area contributed by atoms with Crippen molar-refractivity contribution in [1.82, 2.24) is 10.6 Å². The minimum absolute atomic E-state index is 0.163. The summed E-state index contributed by atoms with van der Waals surface area (Å²) in [6.45, 7) is 0. The number of hydrogen-bond acceptors (Lipinski definition) is 3. The zero-order chi connectivity index (χ0) is 16.5. The maximum absolute atomic E-state index is 12.4. The Labute approximate surface area is 136 Å². The molecule has 0 aliphatic carbocycles. The number of hydrogen-bond donors (Lipinski definition) is 2. The Balaban J connectivity index is 1.95. The third-order valence-electron chi connectivity index (χ3n) is 3.74. The molecule has 0 saturated carbocycles. The third-order valence-corrected chi connectivity index (χ3v) is 3.74. The van der Waals surface area contributed by atoms with E-state index in [1.165, 1.54) is 0 Å². The van der Waals surface area contributed by atoms with Gasteiger partial charge in [-0.15, -0.1) is 0 Å². The van der Waals surface area contributed by atoms with Crippen LogP contribution in [0.4, 0.5) is 0 Å². The van der Waals surface area contributed by atoms with Crippen molar-refractivity contribution in [2.45, 2.75) is 24.9 Å². The lowest BCUT2D eigenvalue weighted by Crippen LogP contribution is -2.48. The van der Waals surface area contributed by atoms with E-state index >= 15 is 0 Å². The van der Waals surface area contributed by atoms with Crippen molar-refractivity contribution in [3.63, 3.8) is 0 Å². The zero-order valence-corrected chi connectivity index (χ0v) is 13.2. The van der Waals surface area contributed by atoms with Gasteiger partial charge in [0.15, 0.2) is 0 Å². The summed E-state index contributed by atoms with van der Waals surface area (Å²) in [5.41, 5.74) is 2.10. The lowest BCUT2D eigenvalue weighted by atomic mass is 10.0. The Kier molecular flexibility index (Phi) is 6.51. The first-order valence-electron chi connectivity index (χ1n) is 7.73. The lowest BCUT2D eigenvalue weighted by Gasteiger charge is -2.19. The van der Waals surface area contributed by atoms with E-state index in [2.05, 4.69) is 10.6 Å². The molecule has 0 aliphatic heterocycles. The van der Waals surface area contributed by atoms with Gasteiger partial charge in [0.1, 0.15) is 6.29 Å². The molecule has 23 heavy (non-hydrogen) atoms. The van der Waals surface area contributed by atoms with Crippen LogP contribution >= 0.6 is 0 Å². The van der Waals surface area contributed by atoms with Gasteiger partial charge >= 0.3 is 0 Å². The number of likely N-dealkylation sites (N-methyl/N-ethyl adjacent to an activating group) is 1. The average Bonchev–Trinajstić information content (AvgIpc) is 2.60. The Hall–Kier alpha value is -2.46. The molecule has 0 aliphatic rings. The molecule has 2 atom stereocenters. The molecule has 0 spiro atoms. The molecule has 4 nitrogen and oxygen atoms in total. The topological polar surface area (TPSA) is 58.2 Å². The second kappa shape index (κ2) is 8.86. The average molecular weight is 310 g/mol. The number of carbonyl (C=O) groups excluding carboxylic acids is 2.